The molecule has 1 atom stereocenters. The quantitative estimate of drug-likeness (QED) is 0.350. The van der Waals surface area contributed by atoms with Crippen molar-refractivity contribution in [1.82, 2.24) is 19.5 Å². The van der Waals surface area contributed by atoms with Crippen LogP contribution in [0.15, 0.2) is 42.6 Å². The van der Waals surface area contributed by atoms with Gasteiger partial charge in [-0.25, -0.2) is 9.50 Å². The Hall–Kier alpha value is -3.94. The van der Waals surface area contributed by atoms with Crippen LogP contribution in [0.3, 0.4) is 0 Å². The minimum absolute atomic E-state index is 0.123. The van der Waals surface area contributed by atoms with E-state index >= 15 is 0 Å². The summed E-state index contributed by atoms with van der Waals surface area (Å²) in [6.07, 6.45) is 5.45. The second kappa shape index (κ2) is 10.1. The number of fused-ring (bicyclic) bond motifs is 1. The molecule has 1 aliphatic carbocycles. The largest absolute Gasteiger partial charge is 0.389 e. The molecule has 2 saturated heterocycles. The first kappa shape index (κ1) is 26.9. The summed E-state index contributed by atoms with van der Waals surface area (Å²) < 4.78 is 1.94. The van der Waals surface area contributed by atoms with Crippen LogP contribution in [0.25, 0.3) is 16.8 Å². The summed E-state index contributed by atoms with van der Waals surface area (Å²) in [5, 5.41) is 25.1. The van der Waals surface area contributed by atoms with Crippen LogP contribution < -0.4 is 9.80 Å². The van der Waals surface area contributed by atoms with E-state index in [1.807, 2.05) is 53.8 Å². The van der Waals surface area contributed by atoms with Crippen LogP contribution in [0, 0.1) is 29.6 Å². The highest BCUT2D eigenvalue weighted by Crippen LogP contribution is 2.60. The van der Waals surface area contributed by atoms with Gasteiger partial charge in [0.15, 0.2) is 5.13 Å². The molecule has 42 heavy (non-hydrogen) atoms. The summed E-state index contributed by atoms with van der Waals surface area (Å²) in [4.78, 5) is 24.7. The molecule has 1 spiro atoms. The van der Waals surface area contributed by atoms with Gasteiger partial charge in [-0.2, -0.15) is 10.4 Å². The Bertz CT molecular complexity index is 1710. The van der Waals surface area contributed by atoms with Gasteiger partial charge in [0.05, 0.1) is 23.0 Å². The number of nitrogens with zero attached hydrogens (tertiary/aromatic N) is 7. The van der Waals surface area contributed by atoms with E-state index in [2.05, 4.69) is 34.9 Å². The van der Waals surface area contributed by atoms with E-state index in [9.17, 15) is 15.2 Å². The van der Waals surface area contributed by atoms with E-state index in [4.69, 9.17) is 10.1 Å². The van der Waals surface area contributed by atoms with Gasteiger partial charge in [-0.3, -0.25) is 4.79 Å². The van der Waals surface area contributed by atoms with Gasteiger partial charge in [0.2, 0.25) is 5.91 Å². The lowest BCUT2D eigenvalue weighted by Crippen LogP contribution is -2.54. The predicted octanol–water partition coefficient (Wildman–Crippen LogP) is 4.78. The molecule has 1 unspecified atom stereocenters. The molecule has 3 fully saturated rings. The number of hydrogen-bond donors (Lipinski definition) is 1. The number of pyridine rings is 1. The van der Waals surface area contributed by atoms with Crippen molar-refractivity contribution in [2.45, 2.75) is 45.6 Å². The lowest BCUT2D eigenvalue weighted by Gasteiger charge is -2.38. The van der Waals surface area contributed by atoms with Gasteiger partial charge in [0.1, 0.15) is 16.6 Å². The van der Waals surface area contributed by atoms with Crippen molar-refractivity contribution in [2.75, 3.05) is 43.0 Å². The van der Waals surface area contributed by atoms with Crippen LogP contribution in [-0.2, 0) is 11.2 Å². The van der Waals surface area contributed by atoms with E-state index in [1.165, 1.54) is 16.9 Å². The highest BCUT2D eigenvalue weighted by atomic mass is 32.1. The zero-order valence-electron chi connectivity index (χ0n) is 24.2. The molecule has 10 heteroatoms. The first-order valence-corrected chi connectivity index (χ1v) is 15.6. The molecule has 2 aliphatic heterocycles. The molecular weight excluding hydrogens is 546 g/mol. The van der Waals surface area contributed by atoms with E-state index in [0.717, 1.165) is 72.1 Å². The number of amides is 1. The molecule has 0 bridgehead atoms. The maximum Gasteiger partial charge on any atom is 0.226 e. The van der Waals surface area contributed by atoms with Crippen molar-refractivity contribution in [3.05, 3.63) is 58.7 Å². The van der Waals surface area contributed by atoms with Gasteiger partial charge >= 0.3 is 0 Å². The Morgan fingerprint density at radius 2 is 1.95 bits per heavy atom. The van der Waals surface area contributed by atoms with Gasteiger partial charge in [0, 0.05) is 56.6 Å². The van der Waals surface area contributed by atoms with E-state index in [-0.39, 0.29) is 23.3 Å². The number of rotatable bonds is 6. The van der Waals surface area contributed by atoms with Crippen LogP contribution >= 0.6 is 11.3 Å². The van der Waals surface area contributed by atoms with Crippen LogP contribution in [-0.4, -0.2) is 69.8 Å². The number of piperidine rings is 1. The maximum atomic E-state index is 12.9. The minimum atomic E-state index is -0.347. The number of aliphatic hydroxyl groups excluding tert-OH is 1. The van der Waals surface area contributed by atoms with Crippen molar-refractivity contribution >= 4 is 39.3 Å². The zero-order valence-corrected chi connectivity index (χ0v) is 25.1. The zero-order chi connectivity index (χ0) is 29.2. The maximum absolute atomic E-state index is 12.9. The van der Waals surface area contributed by atoms with Gasteiger partial charge in [-0.15, -0.1) is 0 Å². The summed E-state index contributed by atoms with van der Waals surface area (Å²) in [6, 6.07) is 14.8. The SMILES string of the molecule is CCc1nn2ccc(N3CCC4(CC3)CC4C(=O)N3CC(O)C3)cc2c1N(C)c1nc(-c2ccc(C)cc2)c(C#N)s1. The second-order valence-corrected chi connectivity index (χ2v) is 13.1. The van der Waals surface area contributed by atoms with Gasteiger partial charge in [0.25, 0.3) is 0 Å². The number of aromatic nitrogens is 3. The van der Waals surface area contributed by atoms with Crippen LogP contribution in [0.4, 0.5) is 16.5 Å². The molecule has 7 rings (SSSR count). The molecule has 216 valence electrons. The number of carbonyl (C=O) groups excluding carboxylic acids is 1. The van der Waals surface area contributed by atoms with E-state index in [1.54, 1.807) is 0 Å². The number of carbonyl (C=O) groups is 1. The normalized spacial score (nSPS) is 19.6. The Balaban J connectivity index is 1.14. The lowest BCUT2D eigenvalue weighted by molar-refractivity contribution is -0.143. The molecule has 5 heterocycles. The number of hydrogen-bond acceptors (Lipinski definition) is 8. The second-order valence-electron chi connectivity index (χ2n) is 12.1. The Labute approximate surface area is 249 Å². The minimum Gasteiger partial charge on any atom is -0.389 e. The number of thiazole rings is 1. The molecule has 1 amide bonds. The fourth-order valence-electron chi connectivity index (χ4n) is 6.72. The van der Waals surface area contributed by atoms with Crippen molar-refractivity contribution in [2.24, 2.45) is 11.3 Å². The fraction of sp³-hybridized carbons (Fsp3) is 0.438. The molecule has 0 radical (unpaired) electrons. The summed E-state index contributed by atoms with van der Waals surface area (Å²) in [5.41, 5.74) is 7.10. The molecule has 1 saturated carbocycles. The molecule has 3 aromatic heterocycles. The third-order valence-corrected chi connectivity index (χ3v) is 10.5. The first-order valence-electron chi connectivity index (χ1n) is 14.7. The number of likely N-dealkylation sites (tertiary alicyclic amines) is 1. The Morgan fingerprint density at radius 3 is 2.62 bits per heavy atom. The van der Waals surface area contributed by atoms with Gasteiger partial charge in [-0.1, -0.05) is 48.1 Å². The number of anilines is 3. The van der Waals surface area contributed by atoms with Crippen molar-refractivity contribution in [1.29, 1.82) is 5.26 Å². The Kier molecular flexibility index (Phi) is 6.48. The van der Waals surface area contributed by atoms with Crippen LogP contribution in [0.5, 0.6) is 0 Å². The van der Waals surface area contributed by atoms with Crippen molar-refractivity contribution in [3.63, 3.8) is 0 Å². The van der Waals surface area contributed by atoms with E-state index < -0.39 is 0 Å². The fourth-order valence-corrected chi connectivity index (χ4v) is 7.57. The third-order valence-electron chi connectivity index (χ3n) is 9.45. The molecule has 9 nitrogen and oxygen atoms in total. The number of aliphatic hydroxyl groups is 1. The average Bonchev–Trinajstić information content (AvgIpc) is 3.33. The highest BCUT2D eigenvalue weighted by Gasteiger charge is 2.60. The smallest absolute Gasteiger partial charge is 0.226 e. The third kappa shape index (κ3) is 4.43. The standard InChI is InChI=1S/C32H35N7O2S/c1-4-25-29(36(3)31-34-28(27(17-33)42-31)21-7-5-20(2)6-8-21)26-15-22(9-12-39(26)35-25)37-13-10-32(11-14-37)16-24(32)30(41)38-18-23(40)19-38/h5-9,12,15,23-24,40H,4,10-11,13-14,16,18-19H2,1-3H3. The average molecular weight is 582 g/mol. The number of β-amino-alcohol motifs (C(OH)–C–C–N with tert-alkyl or cyclic N) is 1. The number of aryl methyl sites for hydroxylation is 2. The summed E-state index contributed by atoms with van der Waals surface area (Å²) in [7, 11) is 2.01. The van der Waals surface area contributed by atoms with Crippen LogP contribution in [0.2, 0.25) is 0 Å². The van der Waals surface area contributed by atoms with Crippen molar-refractivity contribution < 1.29 is 9.90 Å². The van der Waals surface area contributed by atoms with Crippen LogP contribution in [0.1, 0.15) is 42.3 Å². The monoisotopic (exact) mass is 581 g/mol. The number of nitriles is 1. The highest BCUT2D eigenvalue weighted by molar-refractivity contribution is 7.16. The predicted molar refractivity (Wildman–Crippen MR) is 164 cm³/mol. The van der Waals surface area contributed by atoms with Crippen molar-refractivity contribution in [3.8, 4) is 17.3 Å². The topological polar surface area (TPSA) is 101 Å². The molecule has 1 N–H and O–H groups in total. The number of benzene rings is 1. The van der Waals surface area contributed by atoms with Gasteiger partial charge in [-0.05, 0) is 50.2 Å². The molecule has 3 aliphatic rings. The summed E-state index contributed by atoms with van der Waals surface area (Å²) in [5.74, 6) is 0.361. The van der Waals surface area contributed by atoms with Gasteiger partial charge < -0.3 is 19.8 Å². The summed E-state index contributed by atoms with van der Waals surface area (Å²) >= 11 is 1.40. The summed E-state index contributed by atoms with van der Waals surface area (Å²) in [6.45, 7) is 6.98. The Morgan fingerprint density at radius 1 is 1.21 bits per heavy atom. The first-order chi connectivity index (χ1) is 20.3. The molecule has 1 aromatic carbocycles. The molecular formula is C32H35N7O2S. The van der Waals surface area contributed by atoms with E-state index in [0.29, 0.717) is 23.7 Å². The lowest BCUT2D eigenvalue weighted by atomic mass is 9.90. The molecule has 4 aromatic rings.